The van der Waals surface area contributed by atoms with Crippen LogP contribution in [-0.4, -0.2) is 12.0 Å². The van der Waals surface area contributed by atoms with Gasteiger partial charge in [-0.25, -0.2) is 0 Å². The molecule has 2 aromatic rings. The van der Waals surface area contributed by atoms with Crippen molar-refractivity contribution in [2.75, 3.05) is 5.32 Å². The van der Waals surface area contributed by atoms with Crippen LogP contribution in [0.3, 0.4) is 0 Å². The first-order valence-electron chi connectivity index (χ1n) is 7.20. The van der Waals surface area contributed by atoms with Crippen LogP contribution in [0.4, 0.5) is 5.69 Å². The van der Waals surface area contributed by atoms with Crippen LogP contribution in [0.1, 0.15) is 24.5 Å². The molecule has 0 aliphatic rings. The number of benzene rings is 2. The molecule has 1 atom stereocenters. The van der Waals surface area contributed by atoms with Crippen molar-refractivity contribution in [3.63, 3.8) is 0 Å². The molecule has 1 amide bonds. The van der Waals surface area contributed by atoms with E-state index in [9.17, 15) is 4.79 Å². The third kappa shape index (κ3) is 3.85. The lowest BCUT2D eigenvalue weighted by atomic mass is 10.1. The number of ether oxygens (including phenoxy) is 1. The minimum absolute atomic E-state index is 0.121. The maximum absolute atomic E-state index is 12.3. The van der Waals surface area contributed by atoms with Gasteiger partial charge in [0.05, 0.1) is 0 Å². The highest BCUT2D eigenvalue weighted by molar-refractivity contribution is 5.94. The van der Waals surface area contributed by atoms with Crippen LogP contribution in [0.5, 0.6) is 5.75 Å². The SMILES string of the molecule is CC[C@@H](Oc1cccc(C)c1C)C(=O)Nc1ccccc1. The average Bonchev–Trinajstić information content (AvgIpc) is 2.49. The fourth-order valence-corrected chi connectivity index (χ4v) is 2.07. The van der Waals surface area contributed by atoms with Gasteiger partial charge >= 0.3 is 0 Å². The highest BCUT2D eigenvalue weighted by Gasteiger charge is 2.19. The molecule has 1 N–H and O–H groups in total. The first-order valence-corrected chi connectivity index (χ1v) is 7.20. The molecular formula is C18H21NO2. The summed E-state index contributed by atoms with van der Waals surface area (Å²) in [6.45, 7) is 5.99. The molecule has 0 aromatic heterocycles. The monoisotopic (exact) mass is 283 g/mol. The molecule has 0 aliphatic heterocycles. The molecule has 3 heteroatoms. The van der Waals surface area contributed by atoms with Crippen molar-refractivity contribution in [2.24, 2.45) is 0 Å². The van der Waals surface area contributed by atoms with Crippen LogP contribution in [0.25, 0.3) is 0 Å². The average molecular weight is 283 g/mol. The van der Waals surface area contributed by atoms with Crippen molar-refractivity contribution in [2.45, 2.75) is 33.3 Å². The summed E-state index contributed by atoms with van der Waals surface area (Å²) in [5.74, 6) is 0.648. The first-order chi connectivity index (χ1) is 10.1. The zero-order chi connectivity index (χ0) is 15.2. The lowest BCUT2D eigenvalue weighted by molar-refractivity contribution is -0.122. The van der Waals surface area contributed by atoms with Gasteiger partial charge in [0, 0.05) is 5.69 Å². The minimum Gasteiger partial charge on any atom is -0.480 e. The number of carbonyl (C=O) groups excluding carboxylic acids is 1. The van der Waals surface area contributed by atoms with Crippen LogP contribution < -0.4 is 10.1 Å². The standard InChI is InChI=1S/C18H21NO2/c1-4-16(18(20)19-15-10-6-5-7-11-15)21-17-12-8-9-13(2)14(17)3/h5-12,16H,4H2,1-3H3,(H,19,20)/t16-/m1/s1. The summed E-state index contributed by atoms with van der Waals surface area (Å²) in [4.78, 5) is 12.3. The molecular weight excluding hydrogens is 262 g/mol. The van der Waals surface area contributed by atoms with Gasteiger partial charge < -0.3 is 10.1 Å². The van der Waals surface area contributed by atoms with Gasteiger partial charge in [-0.3, -0.25) is 4.79 Å². The van der Waals surface area contributed by atoms with Gasteiger partial charge in [0.1, 0.15) is 5.75 Å². The van der Waals surface area contributed by atoms with Gasteiger partial charge in [0.2, 0.25) is 0 Å². The molecule has 0 unspecified atom stereocenters. The maximum atomic E-state index is 12.3. The molecule has 2 rings (SSSR count). The van der Waals surface area contributed by atoms with Crippen LogP contribution in [0.15, 0.2) is 48.5 Å². The second-order valence-electron chi connectivity index (χ2n) is 5.07. The van der Waals surface area contributed by atoms with Crippen molar-refractivity contribution in [1.29, 1.82) is 0 Å². The summed E-state index contributed by atoms with van der Waals surface area (Å²) in [6.07, 6.45) is 0.122. The number of hydrogen-bond donors (Lipinski definition) is 1. The lowest BCUT2D eigenvalue weighted by Gasteiger charge is -2.19. The Morgan fingerprint density at radius 3 is 2.48 bits per heavy atom. The van der Waals surface area contributed by atoms with Crippen LogP contribution >= 0.6 is 0 Å². The van der Waals surface area contributed by atoms with E-state index in [1.807, 2.05) is 69.3 Å². The van der Waals surface area contributed by atoms with E-state index in [2.05, 4.69) is 5.32 Å². The maximum Gasteiger partial charge on any atom is 0.265 e. The lowest BCUT2D eigenvalue weighted by Crippen LogP contribution is -2.32. The fourth-order valence-electron chi connectivity index (χ4n) is 2.07. The zero-order valence-electron chi connectivity index (χ0n) is 12.7. The second-order valence-corrected chi connectivity index (χ2v) is 5.07. The molecule has 0 saturated heterocycles. The molecule has 0 bridgehead atoms. The van der Waals surface area contributed by atoms with Gasteiger partial charge in [0.25, 0.3) is 5.91 Å². The summed E-state index contributed by atoms with van der Waals surface area (Å²) in [7, 11) is 0. The number of nitrogens with one attached hydrogen (secondary N) is 1. The Balaban J connectivity index is 2.09. The van der Waals surface area contributed by atoms with Gasteiger partial charge in [-0.05, 0) is 49.6 Å². The number of aryl methyl sites for hydroxylation is 1. The predicted molar refractivity (Wildman–Crippen MR) is 85.7 cm³/mol. The molecule has 0 aliphatic carbocycles. The van der Waals surface area contributed by atoms with E-state index in [-0.39, 0.29) is 5.91 Å². The second kappa shape index (κ2) is 6.93. The number of rotatable bonds is 5. The normalized spacial score (nSPS) is 11.8. The van der Waals surface area contributed by atoms with Gasteiger partial charge in [-0.2, -0.15) is 0 Å². The van der Waals surface area contributed by atoms with Crippen LogP contribution in [0.2, 0.25) is 0 Å². The summed E-state index contributed by atoms with van der Waals surface area (Å²) in [5, 5.41) is 2.88. The summed E-state index contributed by atoms with van der Waals surface area (Å²) in [5.41, 5.74) is 3.01. The molecule has 0 fully saturated rings. The number of para-hydroxylation sites is 1. The fraction of sp³-hybridized carbons (Fsp3) is 0.278. The van der Waals surface area contributed by atoms with E-state index in [1.165, 1.54) is 0 Å². The van der Waals surface area contributed by atoms with Crippen molar-refractivity contribution in [3.05, 3.63) is 59.7 Å². The summed E-state index contributed by atoms with van der Waals surface area (Å²) < 4.78 is 5.90. The highest BCUT2D eigenvalue weighted by atomic mass is 16.5. The summed E-state index contributed by atoms with van der Waals surface area (Å²) in [6, 6.07) is 15.3. The number of carbonyl (C=O) groups is 1. The molecule has 0 spiro atoms. The Morgan fingerprint density at radius 1 is 1.10 bits per heavy atom. The van der Waals surface area contributed by atoms with E-state index >= 15 is 0 Å². The third-order valence-corrected chi connectivity index (χ3v) is 3.53. The molecule has 110 valence electrons. The molecule has 3 nitrogen and oxygen atoms in total. The van der Waals surface area contributed by atoms with E-state index in [1.54, 1.807) is 0 Å². The highest BCUT2D eigenvalue weighted by Crippen LogP contribution is 2.22. The van der Waals surface area contributed by atoms with Gasteiger partial charge in [-0.15, -0.1) is 0 Å². The first kappa shape index (κ1) is 15.1. The number of amides is 1. The Morgan fingerprint density at radius 2 is 1.81 bits per heavy atom. The Kier molecular flexibility index (Phi) is 4.99. The summed E-state index contributed by atoms with van der Waals surface area (Å²) >= 11 is 0. The smallest absolute Gasteiger partial charge is 0.265 e. The Bertz CT molecular complexity index is 608. The number of anilines is 1. The third-order valence-electron chi connectivity index (χ3n) is 3.53. The molecule has 2 aromatic carbocycles. The van der Waals surface area contributed by atoms with Crippen molar-refractivity contribution < 1.29 is 9.53 Å². The van der Waals surface area contributed by atoms with Gasteiger partial charge in [0.15, 0.2) is 6.10 Å². The Hall–Kier alpha value is -2.29. The molecule has 0 heterocycles. The molecule has 21 heavy (non-hydrogen) atoms. The van der Waals surface area contributed by atoms with Crippen molar-refractivity contribution in [3.8, 4) is 5.75 Å². The van der Waals surface area contributed by atoms with E-state index < -0.39 is 6.10 Å². The largest absolute Gasteiger partial charge is 0.480 e. The van der Waals surface area contributed by atoms with Crippen LogP contribution in [-0.2, 0) is 4.79 Å². The van der Waals surface area contributed by atoms with Crippen molar-refractivity contribution >= 4 is 11.6 Å². The van der Waals surface area contributed by atoms with Gasteiger partial charge in [-0.1, -0.05) is 37.3 Å². The molecule has 0 radical (unpaired) electrons. The zero-order valence-corrected chi connectivity index (χ0v) is 12.7. The Labute approximate surface area is 126 Å². The van der Waals surface area contributed by atoms with Crippen LogP contribution in [0, 0.1) is 13.8 Å². The topological polar surface area (TPSA) is 38.3 Å². The molecule has 0 saturated carbocycles. The van der Waals surface area contributed by atoms with E-state index in [0.717, 1.165) is 22.6 Å². The number of hydrogen-bond acceptors (Lipinski definition) is 2. The van der Waals surface area contributed by atoms with E-state index in [4.69, 9.17) is 4.74 Å². The van der Waals surface area contributed by atoms with Crippen molar-refractivity contribution in [1.82, 2.24) is 0 Å². The predicted octanol–water partition coefficient (Wildman–Crippen LogP) is 4.10. The minimum atomic E-state index is -0.495. The quantitative estimate of drug-likeness (QED) is 0.897. The van der Waals surface area contributed by atoms with E-state index in [0.29, 0.717) is 6.42 Å².